The third-order valence-electron chi connectivity index (χ3n) is 9.45. The van der Waals surface area contributed by atoms with E-state index in [1.165, 1.54) is 11.1 Å². The molecule has 0 spiro atoms. The van der Waals surface area contributed by atoms with E-state index in [4.69, 9.17) is 9.47 Å². The van der Waals surface area contributed by atoms with Crippen LogP contribution in [0.4, 0.5) is 0 Å². The minimum atomic E-state index is -1.02. The Kier molecular flexibility index (Phi) is 12.8. The number of amides is 4. The van der Waals surface area contributed by atoms with Crippen LogP contribution >= 0.6 is 0 Å². The number of likely N-dealkylation sites (tertiary alicyclic amines) is 1. The predicted octanol–water partition coefficient (Wildman–Crippen LogP) is 3.18. The summed E-state index contributed by atoms with van der Waals surface area (Å²) in [7, 11) is 5.29. The molecule has 1 aromatic rings. The fourth-order valence-corrected chi connectivity index (χ4v) is 6.11. The second-order valence-corrected chi connectivity index (χ2v) is 12.7. The Balaban J connectivity index is 2.03. The largest absolute Gasteiger partial charge is 0.496 e. The summed E-state index contributed by atoms with van der Waals surface area (Å²) in [6, 6.07) is 2.20. The molecule has 2 aliphatic heterocycles. The van der Waals surface area contributed by atoms with E-state index in [1.54, 1.807) is 31.4 Å². The summed E-state index contributed by atoms with van der Waals surface area (Å²) in [5.41, 5.74) is 0.688. The van der Waals surface area contributed by atoms with E-state index in [2.05, 4.69) is 16.0 Å². The minimum absolute atomic E-state index is 0.0749. The lowest BCUT2D eigenvalue weighted by Gasteiger charge is -2.35. The number of methoxy groups -OCH3 is 1. The number of hydrogen-bond acceptors (Lipinski definition) is 7. The Morgan fingerprint density at radius 3 is 2.36 bits per heavy atom. The van der Waals surface area contributed by atoms with E-state index in [1.807, 2.05) is 60.5 Å². The summed E-state index contributed by atoms with van der Waals surface area (Å²) in [6.07, 6.45) is 5.07. The zero-order chi connectivity index (χ0) is 33.4. The van der Waals surface area contributed by atoms with Gasteiger partial charge in [0.1, 0.15) is 35.7 Å². The van der Waals surface area contributed by atoms with Crippen molar-refractivity contribution in [2.45, 2.75) is 97.5 Å². The number of ether oxygens (including phenoxy) is 2. The van der Waals surface area contributed by atoms with Gasteiger partial charge in [-0.15, -0.1) is 0 Å². The molecule has 3 N–H and O–H groups in total. The predicted molar refractivity (Wildman–Crippen MR) is 174 cm³/mol. The summed E-state index contributed by atoms with van der Waals surface area (Å²) >= 11 is 0. The van der Waals surface area contributed by atoms with Gasteiger partial charge in [0.25, 0.3) is 0 Å². The average Bonchev–Trinajstić information content (AvgIpc) is 3.44. The molecular weight excluding hydrogens is 574 g/mol. The smallest absolute Gasteiger partial charge is 0.247 e. The minimum Gasteiger partial charge on any atom is -0.496 e. The van der Waals surface area contributed by atoms with Gasteiger partial charge < -0.3 is 30.3 Å². The third kappa shape index (κ3) is 8.36. The number of carbonyl (C=O) groups excluding carboxylic acids is 4. The molecule has 45 heavy (non-hydrogen) atoms. The Bertz CT molecular complexity index is 1240. The second kappa shape index (κ2) is 16.1. The maximum absolute atomic E-state index is 14.4. The number of nitrogens with zero attached hydrogens (tertiary/aromatic N) is 2. The Labute approximate surface area is 268 Å². The van der Waals surface area contributed by atoms with E-state index in [0.29, 0.717) is 36.3 Å². The van der Waals surface area contributed by atoms with Crippen molar-refractivity contribution in [1.82, 2.24) is 25.8 Å². The first kappa shape index (κ1) is 35.9. The van der Waals surface area contributed by atoms with Gasteiger partial charge in [-0.2, -0.15) is 0 Å². The monoisotopic (exact) mass is 627 g/mol. The van der Waals surface area contributed by atoms with Crippen molar-refractivity contribution in [3.63, 3.8) is 0 Å². The van der Waals surface area contributed by atoms with Crippen molar-refractivity contribution in [1.29, 1.82) is 0 Å². The third-order valence-corrected chi connectivity index (χ3v) is 9.45. The molecule has 1 aromatic carbocycles. The van der Waals surface area contributed by atoms with Gasteiger partial charge in [-0.1, -0.05) is 60.8 Å². The second-order valence-electron chi connectivity index (χ2n) is 12.7. The molecular formula is C34H53N5O6. The number of likely N-dealkylation sites (N-methyl/N-ethyl adjacent to an activating group) is 1. The van der Waals surface area contributed by atoms with Crippen LogP contribution in [0.25, 0.3) is 6.08 Å². The fraction of sp³-hybridized carbons (Fsp3) is 0.647. The fourth-order valence-electron chi connectivity index (χ4n) is 6.11. The van der Waals surface area contributed by atoms with Crippen molar-refractivity contribution in [3.8, 4) is 11.5 Å². The number of benzene rings is 1. The quantitative estimate of drug-likeness (QED) is 0.344. The molecule has 0 unspecified atom stereocenters. The first-order chi connectivity index (χ1) is 21.4. The molecule has 0 radical (unpaired) electrons. The molecule has 8 atom stereocenters. The van der Waals surface area contributed by atoms with Crippen LogP contribution < -0.4 is 25.4 Å². The molecule has 11 heteroatoms. The molecule has 250 valence electrons. The Morgan fingerprint density at radius 2 is 1.76 bits per heavy atom. The van der Waals surface area contributed by atoms with Crippen LogP contribution in [0.15, 0.2) is 24.4 Å². The molecule has 11 nitrogen and oxygen atoms in total. The van der Waals surface area contributed by atoms with Gasteiger partial charge >= 0.3 is 0 Å². The summed E-state index contributed by atoms with van der Waals surface area (Å²) in [5.74, 6) is -0.573. The molecule has 1 fully saturated rings. The van der Waals surface area contributed by atoms with Crippen molar-refractivity contribution < 1.29 is 28.7 Å². The lowest BCUT2D eigenvalue weighted by Crippen LogP contribution is -2.61. The molecule has 4 amide bonds. The highest BCUT2D eigenvalue weighted by Crippen LogP contribution is 2.31. The number of carbonyl (C=O) groups is 4. The molecule has 0 saturated carbocycles. The Hall–Kier alpha value is -3.60. The summed E-state index contributed by atoms with van der Waals surface area (Å²) in [4.78, 5) is 58.9. The van der Waals surface area contributed by atoms with Crippen molar-refractivity contribution >= 4 is 29.7 Å². The number of rotatable bonds is 11. The highest BCUT2D eigenvalue weighted by Gasteiger charge is 2.47. The van der Waals surface area contributed by atoms with Gasteiger partial charge in [0, 0.05) is 24.7 Å². The number of hydrogen-bond donors (Lipinski definition) is 3. The maximum atomic E-state index is 14.4. The normalized spacial score (nSPS) is 24.2. The van der Waals surface area contributed by atoms with Gasteiger partial charge in [-0.05, 0) is 56.1 Å². The zero-order valence-corrected chi connectivity index (χ0v) is 28.4. The molecule has 2 heterocycles. The summed E-state index contributed by atoms with van der Waals surface area (Å²) in [6.45, 7) is 12.1. The lowest BCUT2D eigenvalue weighted by atomic mass is 9.94. The highest BCUT2D eigenvalue weighted by molar-refractivity contribution is 5.96. The van der Waals surface area contributed by atoms with Crippen molar-refractivity contribution in [2.75, 3.05) is 27.7 Å². The molecule has 0 aromatic heterocycles. The van der Waals surface area contributed by atoms with Crippen molar-refractivity contribution in [2.24, 2.45) is 17.8 Å². The SMILES string of the molecule is CC[C@H](C)[C@@H]1NC(=O)[C@H]2[C@H](CCN2C(=O)[C@@H](NC(=O)[C@H]([C@@H](C)CC)N(C)C)[C@@H](C)CC)Oc2ccc(OC)c(c2)/C=C\NC1=O. The van der Waals surface area contributed by atoms with E-state index in [9.17, 15) is 19.2 Å². The first-order valence-corrected chi connectivity index (χ1v) is 16.3. The number of fused-ring (bicyclic) bond motifs is 3. The molecule has 3 rings (SSSR count). The van der Waals surface area contributed by atoms with Gasteiger partial charge in [-0.25, -0.2) is 0 Å². The van der Waals surface area contributed by atoms with Gasteiger partial charge in [0.05, 0.1) is 13.2 Å². The van der Waals surface area contributed by atoms with Crippen LogP contribution in [0.1, 0.15) is 72.8 Å². The molecule has 1 saturated heterocycles. The van der Waals surface area contributed by atoms with Crippen LogP contribution in [-0.4, -0.2) is 91.4 Å². The Morgan fingerprint density at radius 1 is 1.07 bits per heavy atom. The van der Waals surface area contributed by atoms with Crippen LogP contribution in [0.3, 0.4) is 0 Å². The summed E-state index contributed by atoms with van der Waals surface area (Å²) < 4.78 is 11.9. The molecule has 2 aliphatic rings. The zero-order valence-electron chi connectivity index (χ0n) is 28.4. The van der Waals surface area contributed by atoms with E-state index in [0.717, 1.165) is 6.42 Å². The van der Waals surface area contributed by atoms with Crippen LogP contribution in [-0.2, 0) is 19.2 Å². The molecule has 0 aliphatic carbocycles. The van der Waals surface area contributed by atoms with Gasteiger partial charge in [0.15, 0.2) is 0 Å². The standard InChI is InChI=1S/C34H53N5O6/c1-10-20(4)27-31(40)35-17-15-23-19-24(13-14-25(23)44-9)45-26-16-18-39(30(26)33(42)36-27)34(43)28(21(5)11-2)37-32(41)29(38(7)8)22(6)12-3/h13-15,17,19-22,26-30H,10-12,16,18H2,1-9H3,(H,35,40)(H,36,42)(H,37,41)/b17-15-/t20-,21-,22-,26-,27-,28-,29-,30+/m0/s1. The summed E-state index contributed by atoms with van der Waals surface area (Å²) in [5, 5.41) is 8.80. The van der Waals surface area contributed by atoms with E-state index < -0.39 is 36.2 Å². The van der Waals surface area contributed by atoms with Crippen LogP contribution in [0.2, 0.25) is 0 Å². The highest BCUT2D eigenvalue weighted by atomic mass is 16.5. The van der Waals surface area contributed by atoms with Gasteiger partial charge in [0.2, 0.25) is 23.6 Å². The number of nitrogens with one attached hydrogen (secondary N) is 3. The first-order valence-electron chi connectivity index (χ1n) is 16.3. The topological polar surface area (TPSA) is 129 Å². The maximum Gasteiger partial charge on any atom is 0.247 e. The van der Waals surface area contributed by atoms with E-state index in [-0.39, 0.29) is 42.0 Å². The average molecular weight is 628 g/mol. The van der Waals surface area contributed by atoms with Crippen LogP contribution in [0, 0.1) is 17.8 Å². The molecule has 2 bridgehead atoms. The lowest BCUT2D eigenvalue weighted by molar-refractivity contribution is -0.145. The van der Waals surface area contributed by atoms with E-state index >= 15 is 0 Å². The van der Waals surface area contributed by atoms with Gasteiger partial charge in [-0.3, -0.25) is 24.1 Å². The van der Waals surface area contributed by atoms with Crippen LogP contribution in [0.5, 0.6) is 11.5 Å². The van der Waals surface area contributed by atoms with Crippen molar-refractivity contribution in [3.05, 3.63) is 30.0 Å².